The van der Waals surface area contributed by atoms with Crippen molar-refractivity contribution in [2.45, 2.75) is 0 Å². The molecule has 1 aromatic carbocycles. The zero-order valence-electron chi connectivity index (χ0n) is 7.72. The molecule has 0 aromatic heterocycles. The van der Waals surface area contributed by atoms with Gasteiger partial charge < -0.3 is 0 Å². The minimum atomic E-state index is -0.00918. The van der Waals surface area contributed by atoms with Crippen LogP contribution in [0.25, 0.3) is 0 Å². The molecule has 0 saturated carbocycles. The molecule has 0 aliphatic rings. The van der Waals surface area contributed by atoms with Crippen LogP contribution >= 0.6 is 23.2 Å². The van der Waals surface area contributed by atoms with Crippen molar-refractivity contribution < 1.29 is 9.98 Å². The first-order valence-corrected chi connectivity index (χ1v) is 4.74. The highest BCUT2D eigenvalue weighted by molar-refractivity contribution is 6.35. The Hall–Kier alpha value is -1.46. The molecule has 0 amide bonds. The van der Waals surface area contributed by atoms with Crippen molar-refractivity contribution >= 4 is 40.8 Å². The Morgan fingerprint density at radius 3 is 2.33 bits per heavy atom. The molecule has 1 aromatic rings. The van der Waals surface area contributed by atoms with Gasteiger partial charge in [-0.05, 0) is 18.2 Å². The third-order valence-electron chi connectivity index (χ3n) is 1.48. The fraction of sp³-hybridized carbons (Fsp3) is 0. The van der Waals surface area contributed by atoms with Crippen LogP contribution < -0.4 is 27.2 Å². The summed E-state index contributed by atoms with van der Waals surface area (Å²) in [5.41, 5.74) is 16.5. The molecule has 0 atom stereocenters. The van der Waals surface area contributed by atoms with Gasteiger partial charge in [0.15, 0.2) is 0 Å². The van der Waals surface area contributed by atoms with E-state index in [2.05, 4.69) is 9.98 Å². The summed E-state index contributed by atoms with van der Waals surface area (Å²) in [4.78, 5) is 5.28. The summed E-state index contributed by atoms with van der Waals surface area (Å²) in [6, 6.07) is 4.96. The van der Waals surface area contributed by atoms with Crippen molar-refractivity contribution in [3.63, 3.8) is 0 Å². The van der Waals surface area contributed by atoms with Gasteiger partial charge in [-0.15, -0.1) is 0 Å². The zero-order valence-corrected chi connectivity index (χ0v) is 9.23. The van der Waals surface area contributed by atoms with Crippen LogP contribution in [0, 0.1) is 0 Å². The fourth-order valence-electron chi connectivity index (χ4n) is 0.923. The Bertz CT molecular complexity index is 423. The third-order valence-corrected chi connectivity index (χ3v) is 2.03. The molecule has 15 heavy (non-hydrogen) atoms. The number of rotatable bonds is 1. The molecule has 8 N–H and O–H groups in total. The van der Waals surface area contributed by atoms with E-state index < -0.39 is 0 Å². The molecule has 0 unspecified atom stereocenters. The smallest absolute Gasteiger partial charge is 0.275 e. The summed E-state index contributed by atoms with van der Waals surface area (Å²) >= 11 is 11.6. The molecule has 0 radical (unpaired) electrons. The number of nitrogens with two attached hydrogens (primary N) is 3. The molecule has 0 spiro atoms. The van der Waals surface area contributed by atoms with E-state index in [9.17, 15) is 0 Å². The van der Waals surface area contributed by atoms with E-state index in [1.807, 2.05) is 0 Å². The minimum Gasteiger partial charge on any atom is -0.275 e. The van der Waals surface area contributed by atoms with E-state index in [-0.39, 0.29) is 11.9 Å². The zero-order chi connectivity index (χ0) is 11.4. The summed E-state index contributed by atoms with van der Waals surface area (Å²) in [7, 11) is 0. The summed E-state index contributed by atoms with van der Waals surface area (Å²) in [6.45, 7) is 0. The molecule has 80 valence electrons. The predicted molar refractivity (Wildman–Crippen MR) is 60.6 cm³/mol. The molecular formula is C8H11Cl2N5+2. The number of hydrogen-bond acceptors (Lipinski definition) is 0. The van der Waals surface area contributed by atoms with Gasteiger partial charge in [0.05, 0.1) is 5.02 Å². The first-order chi connectivity index (χ1) is 6.99. The van der Waals surface area contributed by atoms with Gasteiger partial charge in [0.2, 0.25) is 0 Å². The van der Waals surface area contributed by atoms with Gasteiger partial charge in [0.1, 0.15) is 5.69 Å². The first-order valence-electron chi connectivity index (χ1n) is 3.98. The second-order valence-corrected chi connectivity index (χ2v) is 3.59. The van der Waals surface area contributed by atoms with Crippen LogP contribution in [0.1, 0.15) is 0 Å². The highest BCUT2D eigenvalue weighted by Crippen LogP contribution is 2.20. The summed E-state index contributed by atoms with van der Waals surface area (Å²) < 4.78 is 0. The van der Waals surface area contributed by atoms with Gasteiger partial charge >= 0.3 is 11.9 Å². The van der Waals surface area contributed by atoms with Gasteiger partial charge in [0, 0.05) is 5.02 Å². The third kappa shape index (κ3) is 3.65. The molecule has 0 fully saturated rings. The van der Waals surface area contributed by atoms with Gasteiger partial charge in [-0.2, -0.15) is 4.99 Å². The summed E-state index contributed by atoms with van der Waals surface area (Å²) in [6.07, 6.45) is 0. The van der Waals surface area contributed by atoms with Crippen molar-refractivity contribution in [3.05, 3.63) is 28.2 Å². The number of nitrogens with one attached hydrogen (secondary N) is 2. The van der Waals surface area contributed by atoms with E-state index in [1.54, 1.807) is 18.2 Å². The highest BCUT2D eigenvalue weighted by Gasteiger charge is 2.04. The highest BCUT2D eigenvalue weighted by atomic mass is 35.5. The maximum absolute atomic E-state index is 5.90. The second kappa shape index (κ2) is 4.86. The van der Waals surface area contributed by atoms with E-state index in [0.717, 1.165) is 0 Å². The lowest BCUT2D eigenvalue weighted by atomic mass is 10.3. The van der Waals surface area contributed by atoms with Crippen molar-refractivity contribution in [2.75, 3.05) is 0 Å². The maximum Gasteiger partial charge on any atom is 0.390 e. The van der Waals surface area contributed by atoms with Crippen molar-refractivity contribution in [1.82, 2.24) is 0 Å². The standard InChI is InChI=1S/C8H9Cl2N5/c9-4-1-2-6(5(10)3-4)14-8(13)15-7(11)12/h1-3H,(H6,11,12,13,14,15)/p+2. The molecule has 0 aliphatic heterocycles. The van der Waals surface area contributed by atoms with Crippen LogP contribution in [0.5, 0.6) is 0 Å². The quantitative estimate of drug-likeness (QED) is 0.277. The minimum absolute atomic E-state index is 0.00918. The Morgan fingerprint density at radius 1 is 1.13 bits per heavy atom. The largest absolute Gasteiger partial charge is 0.390 e. The Labute approximate surface area is 96.6 Å². The van der Waals surface area contributed by atoms with E-state index >= 15 is 0 Å². The van der Waals surface area contributed by atoms with E-state index in [4.69, 9.17) is 40.4 Å². The number of guanidine groups is 2. The van der Waals surface area contributed by atoms with Crippen LogP contribution in [0.2, 0.25) is 10.0 Å². The van der Waals surface area contributed by atoms with Gasteiger partial charge in [-0.25, -0.2) is 4.99 Å². The van der Waals surface area contributed by atoms with Crippen LogP contribution in [-0.2, 0) is 0 Å². The van der Waals surface area contributed by atoms with Crippen molar-refractivity contribution in [3.8, 4) is 0 Å². The Kier molecular flexibility index (Phi) is 3.76. The molecule has 0 saturated heterocycles. The van der Waals surface area contributed by atoms with Crippen LogP contribution in [0.15, 0.2) is 18.2 Å². The second-order valence-electron chi connectivity index (χ2n) is 2.74. The molecular weight excluding hydrogens is 237 g/mol. The van der Waals surface area contributed by atoms with E-state index in [0.29, 0.717) is 15.7 Å². The van der Waals surface area contributed by atoms with Crippen molar-refractivity contribution in [1.29, 1.82) is 0 Å². The lowest BCUT2D eigenvalue weighted by Gasteiger charge is -1.96. The lowest BCUT2D eigenvalue weighted by molar-refractivity contribution is -0.459. The van der Waals surface area contributed by atoms with Gasteiger partial charge in [0.25, 0.3) is 0 Å². The lowest BCUT2D eigenvalue weighted by Crippen LogP contribution is -2.96. The first kappa shape index (κ1) is 11.6. The molecule has 0 bridgehead atoms. The van der Waals surface area contributed by atoms with Gasteiger partial charge in [-0.1, -0.05) is 23.2 Å². The average Bonchev–Trinajstić information content (AvgIpc) is 2.08. The molecule has 1 rings (SSSR count). The number of hydrogen-bond donors (Lipinski definition) is 5. The van der Waals surface area contributed by atoms with Crippen molar-refractivity contribution in [2.24, 2.45) is 17.2 Å². The molecule has 7 heteroatoms. The average molecular weight is 248 g/mol. The maximum atomic E-state index is 5.90. The topological polar surface area (TPSA) is 106 Å². The number of halogens is 2. The molecule has 0 aliphatic carbocycles. The Balaban J connectivity index is 3.03. The number of benzene rings is 1. The molecule has 0 heterocycles. The van der Waals surface area contributed by atoms with Gasteiger partial charge in [-0.3, -0.25) is 17.2 Å². The molecule has 5 nitrogen and oxygen atoms in total. The normalized spacial score (nSPS) is 11.2. The fourth-order valence-corrected chi connectivity index (χ4v) is 1.38. The SMILES string of the molecule is NC(N)=[NH+]C(N)=[NH+]c1ccc(Cl)cc1Cl. The predicted octanol–water partition coefficient (Wildman–Crippen LogP) is -2.63. The summed E-state index contributed by atoms with van der Waals surface area (Å²) in [5, 5.41) is 0.991. The van der Waals surface area contributed by atoms with Crippen LogP contribution in [-0.4, -0.2) is 11.9 Å². The van der Waals surface area contributed by atoms with Crippen LogP contribution in [0.4, 0.5) is 5.69 Å². The van der Waals surface area contributed by atoms with E-state index in [1.165, 1.54) is 0 Å². The summed E-state index contributed by atoms with van der Waals surface area (Å²) in [5.74, 6) is 0.171. The monoisotopic (exact) mass is 247 g/mol. The van der Waals surface area contributed by atoms with Crippen LogP contribution in [0.3, 0.4) is 0 Å². The Morgan fingerprint density at radius 2 is 1.80 bits per heavy atom.